The molecule has 1 N–H and O–H groups in total. The van der Waals surface area contributed by atoms with Gasteiger partial charge in [-0.3, -0.25) is 4.98 Å². The summed E-state index contributed by atoms with van der Waals surface area (Å²) in [5.41, 5.74) is 1.05. The Kier molecular flexibility index (Phi) is 5.14. The van der Waals surface area contributed by atoms with Crippen molar-refractivity contribution < 1.29 is 4.74 Å². The van der Waals surface area contributed by atoms with Gasteiger partial charge in [-0.2, -0.15) is 0 Å². The van der Waals surface area contributed by atoms with E-state index in [1.165, 1.54) is 0 Å². The average molecular weight is 254 g/mol. The summed E-state index contributed by atoms with van der Waals surface area (Å²) in [7, 11) is 1.95. The third-order valence-corrected chi connectivity index (χ3v) is 2.58. The van der Waals surface area contributed by atoms with Gasteiger partial charge in [0.05, 0.1) is 6.20 Å². The summed E-state index contributed by atoms with van der Waals surface area (Å²) in [6, 6.07) is 11.7. The molecule has 3 heteroatoms. The van der Waals surface area contributed by atoms with E-state index in [1.807, 2.05) is 49.6 Å². The quantitative estimate of drug-likeness (QED) is 0.801. The van der Waals surface area contributed by atoms with Crippen LogP contribution in [0.5, 0.6) is 11.5 Å². The molecule has 0 aliphatic rings. The van der Waals surface area contributed by atoms with Crippen LogP contribution in [0.25, 0.3) is 6.08 Å². The number of rotatable bonds is 6. The SMILES string of the molecule is CNCCC=Cc1cncc(Oc2ccccc2)c1. The Morgan fingerprint density at radius 3 is 2.79 bits per heavy atom. The molecule has 0 fully saturated rings. The molecule has 0 aliphatic heterocycles. The lowest BCUT2D eigenvalue weighted by molar-refractivity contribution is 0.480. The summed E-state index contributed by atoms with van der Waals surface area (Å²) >= 11 is 0. The third kappa shape index (κ3) is 4.56. The summed E-state index contributed by atoms with van der Waals surface area (Å²) < 4.78 is 5.74. The molecule has 19 heavy (non-hydrogen) atoms. The molecule has 2 rings (SSSR count). The minimum Gasteiger partial charge on any atom is -0.456 e. The molecule has 2 aromatic rings. The number of ether oxygens (including phenoxy) is 1. The van der Waals surface area contributed by atoms with Gasteiger partial charge in [-0.05, 0) is 43.8 Å². The molecule has 0 unspecified atom stereocenters. The molecule has 0 saturated carbocycles. The monoisotopic (exact) mass is 254 g/mol. The molecule has 0 amide bonds. The molecule has 0 spiro atoms. The van der Waals surface area contributed by atoms with Crippen molar-refractivity contribution in [3.63, 3.8) is 0 Å². The Balaban J connectivity index is 2.01. The van der Waals surface area contributed by atoms with Gasteiger partial charge in [-0.15, -0.1) is 0 Å². The van der Waals surface area contributed by atoms with Crippen molar-refractivity contribution in [2.45, 2.75) is 6.42 Å². The van der Waals surface area contributed by atoms with Gasteiger partial charge in [0.15, 0.2) is 0 Å². The molecular weight excluding hydrogens is 236 g/mol. The third-order valence-electron chi connectivity index (χ3n) is 2.58. The number of aromatic nitrogens is 1. The first-order chi connectivity index (χ1) is 9.38. The highest BCUT2D eigenvalue weighted by atomic mass is 16.5. The largest absolute Gasteiger partial charge is 0.456 e. The van der Waals surface area contributed by atoms with E-state index in [0.717, 1.165) is 30.0 Å². The van der Waals surface area contributed by atoms with E-state index >= 15 is 0 Å². The highest BCUT2D eigenvalue weighted by Gasteiger charge is 1.97. The van der Waals surface area contributed by atoms with Crippen LogP contribution in [0.3, 0.4) is 0 Å². The van der Waals surface area contributed by atoms with E-state index in [0.29, 0.717) is 0 Å². The number of pyridine rings is 1. The lowest BCUT2D eigenvalue weighted by Crippen LogP contribution is -2.05. The van der Waals surface area contributed by atoms with E-state index in [1.54, 1.807) is 6.20 Å². The molecule has 0 aliphatic carbocycles. The van der Waals surface area contributed by atoms with Crippen molar-refractivity contribution in [3.8, 4) is 11.5 Å². The first-order valence-corrected chi connectivity index (χ1v) is 6.37. The summed E-state index contributed by atoms with van der Waals surface area (Å²) in [6.45, 7) is 0.976. The first-order valence-electron chi connectivity index (χ1n) is 6.37. The molecule has 3 nitrogen and oxygen atoms in total. The zero-order valence-electron chi connectivity index (χ0n) is 11.0. The van der Waals surface area contributed by atoms with Crippen molar-refractivity contribution in [1.82, 2.24) is 10.3 Å². The van der Waals surface area contributed by atoms with E-state index in [2.05, 4.69) is 22.5 Å². The van der Waals surface area contributed by atoms with E-state index in [4.69, 9.17) is 4.74 Å². The van der Waals surface area contributed by atoms with Crippen LogP contribution in [0.4, 0.5) is 0 Å². The van der Waals surface area contributed by atoms with Gasteiger partial charge in [-0.1, -0.05) is 30.4 Å². The normalized spacial score (nSPS) is 10.8. The Bertz CT molecular complexity index is 523. The number of para-hydroxylation sites is 1. The van der Waals surface area contributed by atoms with E-state index < -0.39 is 0 Å². The molecule has 98 valence electrons. The maximum Gasteiger partial charge on any atom is 0.146 e. The topological polar surface area (TPSA) is 34.2 Å². The second-order valence-electron chi connectivity index (χ2n) is 4.16. The highest BCUT2D eigenvalue weighted by Crippen LogP contribution is 2.21. The first kappa shape index (κ1) is 13.3. The number of nitrogens with zero attached hydrogens (tertiary/aromatic N) is 1. The van der Waals surface area contributed by atoms with E-state index in [-0.39, 0.29) is 0 Å². The Hall–Kier alpha value is -2.13. The minimum absolute atomic E-state index is 0.752. The van der Waals surface area contributed by atoms with Crippen LogP contribution in [0.2, 0.25) is 0 Å². The number of hydrogen-bond donors (Lipinski definition) is 1. The fraction of sp³-hybridized carbons (Fsp3) is 0.188. The molecule has 0 radical (unpaired) electrons. The summed E-state index contributed by atoms with van der Waals surface area (Å²) in [5.74, 6) is 1.57. The smallest absolute Gasteiger partial charge is 0.146 e. The van der Waals surface area contributed by atoms with Crippen molar-refractivity contribution in [2.75, 3.05) is 13.6 Å². The molecule has 1 aromatic carbocycles. The van der Waals surface area contributed by atoms with Crippen LogP contribution >= 0.6 is 0 Å². The van der Waals surface area contributed by atoms with Crippen molar-refractivity contribution >= 4 is 6.08 Å². The Morgan fingerprint density at radius 1 is 1.16 bits per heavy atom. The summed E-state index contributed by atoms with van der Waals surface area (Å²) in [4.78, 5) is 4.19. The lowest BCUT2D eigenvalue weighted by Gasteiger charge is -2.05. The van der Waals surface area contributed by atoms with E-state index in [9.17, 15) is 0 Å². The van der Waals surface area contributed by atoms with Gasteiger partial charge < -0.3 is 10.1 Å². The van der Waals surface area contributed by atoms with Crippen molar-refractivity contribution in [1.29, 1.82) is 0 Å². The minimum atomic E-state index is 0.752. The van der Waals surface area contributed by atoms with Crippen LogP contribution in [0, 0.1) is 0 Å². The maximum atomic E-state index is 5.74. The van der Waals surface area contributed by atoms with Gasteiger partial charge in [-0.25, -0.2) is 0 Å². The highest BCUT2D eigenvalue weighted by molar-refractivity contribution is 5.50. The Labute approximate surface area is 114 Å². The van der Waals surface area contributed by atoms with Crippen molar-refractivity contribution in [3.05, 3.63) is 60.4 Å². The summed E-state index contributed by atoms with van der Waals surface area (Å²) in [5, 5.41) is 3.11. The van der Waals surface area contributed by atoms with Crippen LogP contribution in [0.15, 0.2) is 54.9 Å². The predicted octanol–water partition coefficient (Wildman–Crippen LogP) is 3.50. The molecular formula is C16H18N2O. The van der Waals surface area contributed by atoms with Crippen LogP contribution < -0.4 is 10.1 Å². The zero-order chi connectivity index (χ0) is 13.3. The number of benzene rings is 1. The molecule has 0 saturated heterocycles. The molecule has 1 heterocycles. The van der Waals surface area contributed by atoms with Crippen LogP contribution in [-0.2, 0) is 0 Å². The van der Waals surface area contributed by atoms with Gasteiger partial charge in [0, 0.05) is 6.20 Å². The fourth-order valence-electron chi connectivity index (χ4n) is 1.65. The fourth-order valence-corrected chi connectivity index (χ4v) is 1.65. The van der Waals surface area contributed by atoms with Crippen LogP contribution in [-0.4, -0.2) is 18.6 Å². The molecule has 0 atom stereocenters. The lowest BCUT2D eigenvalue weighted by atomic mass is 10.2. The van der Waals surface area contributed by atoms with Crippen molar-refractivity contribution in [2.24, 2.45) is 0 Å². The van der Waals surface area contributed by atoms with Crippen LogP contribution in [0.1, 0.15) is 12.0 Å². The zero-order valence-corrected chi connectivity index (χ0v) is 11.0. The predicted molar refractivity (Wildman–Crippen MR) is 78.3 cm³/mol. The molecule has 0 bridgehead atoms. The van der Waals surface area contributed by atoms with Gasteiger partial charge in [0.25, 0.3) is 0 Å². The van der Waals surface area contributed by atoms with Gasteiger partial charge >= 0.3 is 0 Å². The maximum absolute atomic E-state index is 5.74. The second-order valence-corrected chi connectivity index (χ2v) is 4.16. The number of hydrogen-bond acceptors (Lipinski definition) is 3. The molecule has 1 aromatic heterocycles. The van der Waals surface area contributed by atoms with Gasteiger partial charge in [0.2, 0.25) is 0 Å². The Morgan fingerprint density at radius 2 is 2.00 bits per heavy atom. The number of nitrogens with one attached hydrogen (secondary N) is 1. The van der Waals surface area contributed by atoms with Gasteiger partial charge in [0.1, 0.15) is 11.5 Å². The summed E-state index contributed by atoms with van der Waals surface area (Å²) in [6.07, 6.45) is 8.73. The average Bonchev–Trinajstić information content (AvgIpc) is 2.45. The standard InChI is InChI=1S/C16H18N2O/c1-17-10-6-5-7-14-11-16(13-18-12-14)19-15-8-3-2-4-9-15/h2-5,7-9,11-13,17H,6,10H2,1H3. The second kappa shape index (κ2) is 7.34.